The number of nitrogens with two attached hydrogens (primary N) is 1. The first kappa shape index (κ1) is 20.0. The van der Waals surface area contributed by atoms with Gasteiger partial charge < -0.3 is 15.2 Å². The lowest BCUT2D eigenvalue weighted by molar-refractivity contribution is -0.157. The van der Waals surface area contributed by atoms with E-state index in [1.54, 1.807) is 46.8 Å². The molecule has 0 aliphatic heterocycles. The lowest BCUT2D eigenvalue weighted by atomic mass is 10.0. The Hall–Kier alpha value is -2.08. The Labute approximate surface area is 143 Å². The van der Waals surface area contributed by atoms with Crippen molar-refractivity contribution in [2.24, 2.45) is 0 Å². The third kappa shape index (κ3) is 7.00. The maximum absolute atomic E-state index is 12.2. The summed E-state index contributed by atoms with van der Waals surface area (Å²) in [5.41, 5.74) is 6.67. The van der Waals surface area contributed by atoms with Gasteiger partial charge in [0.05, 0.1) is 6.61 Å². The number of anilines is 1. The summed E-state index contributed by atoms with van der Waals surface area (Å²) in [6.07, 6.45) is 0.395. The molecule has 0 aliphatic carbocycles. The lowest BCUT2D eigenvalue weighted by Crippen LogP contribution is -2.49. The molecule has 0 bridgehead atoms. The van der Waals surface area contributed by atoms with Crippen LogP contribution < -0.4 is 11.1 Å². The van der Waals surface area contributed by atoms with Crippen LogP contribution in [0.15, 0.2) is 24.3 Å². The molecule has 0 unspecified atom stereocenters. The highest BCUT2D eigenvalue weighted by Crippen LogP contribution is 2.11. The largest absolute Gasteiger partial charge is 0.465 e. The second-order valence-electron chi connectivity index (χ2n) is 6.67. The first-order chi connectivity index (χ1) is 11.1. The molecular weight excluding hydrogens is 308 g/mol. The van der Waals surface area contributed by atoms with Crippen molar-refractivity contribution in [1.29, 1.82) is 0 Å². The molecule has 0 spiro atoms. The topological polar surface area (TPSA) is 90.6 Å². The van der Waals surface area contributed by atoms with E-state index in [9.17, 15) is 9.59 Å². The Bertz CT molecular complexity index is 549. The molecule has 134 valence electrons. The van der Waals surface area contributed by atoms with Crippen molar-refractivity contribution in [2.75, 3.05) is 12.3 Å². The van der Waals surface area contributed by atoms with Crippen molar-refractivity contribution in [3.8, 4) is 0 Å². The molecule has 1 rings (SSSR count). The fourth-order valence-corrected chi connectivity index (χ4v) is 2.10. The average molecular weight is 336 g/mol. The molecule has 1 aromatic carbocycles. The quantitative estimate of drug-likeness (QED) is 0.585. The molecule has 0 fully saturated rings. The van der Waals surface area contributed by atoms with Gasteiger partial charge in [-0.05, 0) is 58.7 Å². The second kappa shape index (κ2) is 8.68. The fourth-order valence-electron chi connectivity index (χ4n) is 2.10. The highest BCUT2D eigenvalue weighted by Gasteiger charge is 2.28. The minimum atomic E-state index is -0.643. The highest BCUT2D eigenvalue weighted by molar-refractivity contribution is 5.79. The zero-order valence-electron chi connectivity index (χ0n) is 15.1. The third-order valence-electron chi connectivity index (χ3n) is 3.20. The van der Waals surface area contributed by atoms with Crippen molar-refractivity contribution >= 4 is 17.6 Å². The Morgan fingerprint density at radius 1 is 1.17 bits per heavy atom. The van der Waals surface area contributed by atoms with E-state index in [-0.39, 0.29) is 6.61 Å². The van der Waals surface area contributed by atoms with E-state index in [1.165, 1.54) is 0 Å². The maximum Gasteiger partial charge on any atom is 0.323 e. The monoisotopic (exact) mass is 336 g/mol. The predicted molar refractivity (Wildman–Crippen MR) is 93.4 cm³/mol. The summed E-state index contributed by atoms with van der Waals surface area (Å²) in [5.74, 6) is -0.807. The standard InChI is InChI=1S/C18H28N2O4/c1-6-23-17(22)15(11-13-7-9-14(19)10-8-13)20-12(2)16(21)24-18(3,4)5/h7-10,12,15,20H,6,11,19H2,1-5H3/t12-,15-/m0/s1. The van der Waals surface area contributed by atoms with Crippen LogP contribution >= 0.6 is 0 Å². The van der Waals surface area contributed by atoms with Gasteiger partial charge in [-0.2, -0.15) is 0 Å². The Balaban J connectivity index is 2.80. The average Bonchev–Trinajstić information content (AvgIpc) is 2.47. The normalized spacial score (nSPS) is 13.9. The number of nitrogen functional groups attached to an aromatic ring is 1. The molecular formula is C18H28N2O4. The van der Waals surface area contributed by atoms with Crippen molar-refractivity contribution in [2.45, 2.75) is 58.7 Å². The van der Waals surface area contributed by atoms with Gasteiger partial charge in [-0.1, -0.05) is 12.1 Å². The van der Waals surface area contributed by atoms with E-state index >= 15 is 0 Å². The number of esters is 2. The summed E-state index contributed by atoms with van der Waals surface area (Å²) in [5, 5.41) is 3.01. The maximum atomic E-state index is 12.2. The van der Waals surface area contributed by atoms with E-state index in [0.717, 1.165) is 5.56 Å². The highest BCUT2D eigenvalue weighted by atomic mass is 16.6. The molecule has 24 heavy (non-hydrogen) atoms. The summed E-state index contributed by atoms with van der Waals surface area (Å²) in [7, 11) is 0. The molecule has 0 saturated carbocycles. The van der Waals surface area contributed by atoms with Gasteiger partial charge in [-0.3, -0.25) is 14.9 Å². The summed E-state index contributed by atoms with van der Waals surface area (Å²) in [6, 6.07) is 5.97. The van der Waals surface area contributed by atoms with Gasteiger partial charge in [0.25, 0.3) is 0 Å². The van der Waals surface area contributed by atoms with Gasteiger partial charge in [0, 0.05) is 5.69 Å². The summed E-state index contributed by atoms with van der Waals surface area (Å²) in [6.45, 7) is 9.09. The fraction of sp³-hybridized carbons (Fsp3) is 0.556. The predicted octanol–water partition coefficient (Wildman–Crippen LogP) is 2.06. The summed E-state index contributed by atoms with van der Waals surface area (Å²) in [4.78, 5) is 24.3. The van der Waals surface area contributed by atoms with Crippen LogP contribution in [0.4, 0.5) is 5.69 Å². The SMILES string of the molecule is CCOC(=O)[C@H](Cc1ccc(N)cc1)N[C@@H](C)C(=O)OC(C)(C)C. The number of benzene rings is 1. The van der Waals surface area contributed by atoms with Crippen molar-refractivity contribution < 1.29 is 19.1 Å². The molecule has 1 aromatic rings. The van der Waals surface area contributed by atoms with Crippen LogP contribution in [0.5, 0.6) is 0 Å². The van der Waals surface area contributed by atoms with Gasteiger partial charge in [0.2, 0.25) is 0 Å². The Morgan fingerprint density at radius 3 is 2.25 bits per heavy atom. The minimum absolute atomic E-state index is 0.277. The molecule has 0 saturated heterocycles. The van der Waals surface area contributed by atoms with Crippen LogP contribution in [0.2, 0.25) is 0 Å². The lowest BCUT2D eigenvalue weighted by Gasteiger charge is -2.25. The Morgan fingerprint density at radius 2 is 1.75 bits per heavy atom. The molecule has 6 heteroatoms. The van der Waals surface area contributed by atoms with Gasteiger partial charge in [0.15, 0.2) is 0 Å². The van der Waals surface area contributed by atoms with Gasteiger partial charge in [-0.25, -0.2) is 0 Å². The van der Waals surface area contributed by atoms with E-state index in [1.807, 2.05) is 12.1 Å². The van der Waals surface area contributed by atoms with Crippen molar-refractivity contribution in [3.63, 3.8) is 0 Å². The van der Waals surface area contributed by atoms with Crippen LogP contribution in [0.1, 0.15) is 40.2 Å². The molecule has 0 amide bonds. The van der Waals surface area contributed by atoms with E-state index < -0.39 is 29.6 Å². The third-order valence-corrected chi connectivity index (χ3v) is 3.20. The van der Waals surface area contributed by atoms with E-state index in [4.69, 9.17) is 15.2 Å². The molecule has 0 radical (unpaired) electrons. The first-order valence-electron chi connectivity index (χ1n) is 8.12. The number of nitrogens with one attached hydrogen (secondary N) is 1. The van der Waals surface area contributed by atoms with E-state index in [2.05, 4.69) is 5.32 Å². The van der Waals surface area contributed by atoms with E-state index in [0.29, 0.717) is 12.1 Å². The molecule has 0 aromatic heterocycles. The zero-order chi connectivity index (χ0) is 18.3. The van der Waals surface area contributed by atoms with Crippen LogP contribution in [0.3, 0.4) is 0 Å². The number of ether oxygens (including phenoxy) is 2. The minimum Gasteiger partial charge on any atom is -0.465 e. The van der Waals surface area contributed by atoms with Crippen LogP contribution in [-0.4, -0.2) is 36.2 Å². The number of carbonyl (C=O) groups is 2. The van der Waals surface area contributed by atoms with Crippen molar-refractivity contribution in [3.05, 3.63) is 29.8 Å². The number of rotatable bonds is 7. The molecule has 6 nitrogen and oxygen atoms in total. The molecule has 3 N–H and O–H groups in total. The van der Waals surface area contributed by atoms with Gasteiger partial charge in [0.1, 0.15) is 17.7 Å². The number of carbonyl (C=O) groups excluding carboxylic acids is 2. The summed E-state index contributed by atoms with van der Waals surface area (Å²) < 4.78 is 10.4. The van der Waals surface area contributed by atoms with Crippen LogP contribution in [0, 0.1) is 0 Å². The first-order valence-corrected chi connectivity index (χ1v) is 8.12. The Kier molecular flexibility index (Phi) is 7.22. The second-order valence-corrected chi connectivity index (χ2v) is 6.67. The van der Waals surface area contributed by atoms with Gasteiger partial charge >= 0.3 is 11.9 Å². The smallest absolute Gasteiger partial charge is 0.323 e. The zero-order valence-corrected chi connectivity index (χ0v) is 15.1. The van der Waals surface area contributed by atoms with Gasteiger partial charge in [-0.15, -0.1) is 0 Å². The molecule has 0 heterocycles. The number of hydrogen-bond donors (Lipinski definition) is 2. The molecule has 0 aliphatic rings. The summed E-state index contributed by atoms with van der Waals surface area (Å²) >= 11 is 0. The number of hydrogen-bond acceptors (Lipinski definition) is 6. The van der Waals surface area contributed by atoms with Crippen LogP contribution in [0.25, 0.3) is 0 Å². The van der Waals surface area contributed by atoms with Crippen molar-refractivity contribution in [1.82, 2.24) is 5.32 Å². The van der Waals surface area contributed by atoms with Crippen LogP contribution in [-0.2, 0) is 25.5 Å². The molecule has 2 atom stereocenters.